The first kappa shape index (κ1) is 13.1. The van der Waals surface area contributed by atoms with Crippen molar-refractivity contribution in [2.75, 3.05) is 17.8 Å². The number of nitro groups is 1. The largest absolute Gasteiger partial charge is 0.377 e. The molecule has 0 radical (unpaired) electrons. The number of hydrazine groups is 1. The van der Waals surface area contributed by atoms with Crippen molar-refractivity contribution in [3.05, 3.63) is 22.2 Å². The van der Waals surface area contributed by atoms with Gasteiger partial charge < -0.3 is 10.2 Å². The van der Waals surface area contributed by atoms with Crippen LogP contribution in [0.1, 0.15) is 12.8 Å². The maximum Gasteiger partial charge on any atom is 0.301 e. The van der Waals surface area contributed by atoms with Gasteiger partial charge in [-0.25, -0.2) is 10.8 Å². The molecule has 1 atom stereocenters. The summed E-state index contributed by atoms with van der Waals surface area (Å²) in [5.74, 6) is 6.33. The van der Waals surface area contributed by atoms with Gasteiger partial charge in [-0.3, -0.25) is 10.1 Å². The molecule has 1 fully saturated rings. The van der Waals surface area contributed by atoms with Gasteiger partial charge in [-0.05, 0) is 18.9 Å². The summed E-state index contributed by atoms with van der Waals surface area (Å²) >= 11 is 1.33. The molecule has 0 aliphatic carbocycles. The van der Waals surface area contributed by atoms with Gasteiger partial charge in [-0.15, -0.1) is 0 Å². The van der Waals surface area contributed by atoms with Crippen molar-refractivity contribution >= 4 is 23.3 Å². The van der Waals surface area contributed by atoms with Crippen LogP contribution in [0.5, 0.6) is 0 Å². The van der Waals surface area contributed by atoms with Crippen molar-refractivity contribution in [1.29, 1.82) is 0 Å². The van der Waals surface area contributed by atoms with E-state index in [-0.39, 0.29) is 11.8 Å². The van der Waals surface area contributed by atoms with E-state index in [4.69, 9.17) is 10.6 Å². The zero-order valence-corrected chi connectivity index (χ0v) is 10.5. The Morgan fingerprint density at radius 2 is 2.50 bits per heavy atom. The number of ether oxygens (including phenoxy) is 1. The molecule has 0 spiro atoms. The Morgan fingerprint density at radius 3 is 3.11 bits per heavy atom. The zero-order valence-electron chi connectivity index (χ0n) is 9.67. The van der Waals surface area contributed by atoms with Gasteiger partial charge in [0.05, 0.1) is 11.0 Å². The second-order valence-corrected chi connectivity index (χ2v) is 4.88. The van der Waals surface area contributed by atoms with E-state index in [1.165, 1.54) is 23.9 Å². The Morgan fingerprint density at radius 1 is 1.67 bits per heavy atom. The number of pyridine rings is 1. The Kier molecular flexibility index (Phi) is 4.34. The SMILES string of the molecule is NNc1ccc([N+](=O)[O-])c(SCC2CCCO2)n1. The minimum absolute atomic E-state index is 0.00278. The molecule has 2 heterocycles. The number of anilines is 1. The number of nitrogen functional groups attached to an aromatic ring is 1. The van der Waals surface area contributed by atoms with Crippen LogP contribution in [0.2, 0.25) is 0 Å². The lowest BCUT2D eigenvalue weighted by Gasteiger charge is -2.09. The Bertz CT molecular complexity index is 437. The monoisotopic (exact) mass is 270 g/mol. The van der Waals surface area contributed by atoms with Crippen LogP contribution in [0, 0.1) is 10.1 Å². The minimum Gasteiger partial charge on any atom is -0.377 e. The van der Waals surface area contributed by atoms with Gasteiger partial charge in [-0.2, -0.15) is 0 Å². The van der Waals surface area contributed by atoms with Crippen LogP contribution in [0.25, 0.3) is 0 Å². The number of hydrogen-bond acceptors (Lipinski definition) is 7. The fourth-order valence-electron chi connectivity index (χ4n) is 1.71. The number of nitrogens with one attached hydrogen (secondary N) is 1. The molecule has 1 aliphatic rings. The van der Waals surface area contributed by atoms with E-state index < -0.39 is 4.92 Å². The van der Waals surface area contributed by atoms with Gasteiger partial charge in [0.15, 0.2) is 5.03 Å². The fourth-order valence-corrected chi connectivity index (χ4v) is 2.77. The molecule has 2 rings (SSSR count). The second-order valence-electron chi connectivity index (χ2n) is 3.87. The standard InChI is InChI=1S/C10H14N4O3S/c11-13-9-4-3-8(14(15)16)10(12-9)18-6-7-2-1-5-17-7/h3-4,7H,1-2,5-6,11H2,(H,12,13). The third kappa shape index (κ3) is 3.09. The zero-order chi connectivity index (χ0) is 13.0. The molecule has 8 heteroatoms. The van der Waals surface area contributed by atoms with E-state index in [1.807, 2.05) is 0 Å². The van der Waals surface area contributed by atoms with Crippen LogP contribution in [-0.2, 0) is 4.74 Å². The molecular formula is C10H14N4O3S. The normalized spacial score (nSPS) is 18.8. The van der Waals surface area contributed by atoms with Gasteiger partial charge in [0, 0.05) is 18.4 Å². The lowest BCUT2D eigenvalue weighted by Crippen LogP contribution is -2.11. The summed E-state index contributed by atoms with van der Waals surface area (Å²) in [4.78, 5) is 14.6. The summed E-state index contributed by atoms with van der Waals surface area (Å²) in [6.45, 7) is 0.769. The second kappa shape index (κ2) is 5.98. The highest BCUT2D eigenvalue weighted by molar-refractivity contribution is 7.99. The molecular weight excluding hydrogens is 256 g/mol. The van der Waals surface area contributed by atoms with E-state index in [2.05, 4.69) is 10.4 Å². The molecule has 1 saturated heterocycles. The van der Waals surface area contributed by atoms with Crippen LogP contribution < -0.4 is 11.3 Å². The van der Waals surface area contributed by atoms with Crippen molar-refractivity contribution in [1.82, 2.24) is 4.98 Å². The van der Waals surface area contributed by atoms with Crippen molar-refractivity contribution < 1.29 is 9.66 Å². The van der Waals surface area contributed by atoms with E-state index >= 15 is 0 Å². The highest BCUT2D eigenvalue weighted by atomic mass is 32.2. The van der Waals surface area contributed by atoms with Crippen molar-refractivity contribution in [2.45, 2.75) is 24.0 Å². The number of rotatable bonds is 5. The van der Waals surface area contributed by atoms with Crippen LogP contribution in [-0.4, -0.2) is 28.4 Å². The van der Waals surface area contributed by atoms with Gasteiger partial charge in [0.1, 0.15) is 5.82 Å². The van der Waals surface area contributed by atoms with Crippen molar-refractivity contribution in [2.24, 2.45) is 5.84 Å². The summed E-state index contributed by atoms with van der Waals surface area (Å²) in [5, 5.41) is 11.3. The molecule has 0 amide bonds. The van der Waals surface area contributed by atoms with Crippen molar-refractivity contribution in [3.63, 3.8) is 0 Å². The molecule has 1 aliphatic heterocycles. The first-order chi connectivity index (χ1) is 8.70. The van der Waals surface area contributed by atoms with Gasteiger partial charge in [0.25, 0.3) is 0 Å². The Hall–Kier alpha value is -1.38. The molecule has 98 valence electrons. The summed E-state index contributed by atoms with van der Waals surface area (Å²) in [7, 11) is 0. The fraction of sp³-hybridized carbons (Fsp3) is 0.500. The lowest BCUT2D eigenvalue weighted by molar-refractivity contribution is -0.388. The molecule has 0 bridgehead atoms. The van der Waals surface area contributed by atoms with Gasteiger partial charge >= 0.3 is 5.69 Å². The summed E-state index contributed by atoms with van der Waals surface area (Å²) in [6, 6.07) is 2.88. The van der Waals surface area contributed by atoms with E-state index in [9.17, 15) is 10.1 Å². The van der Waals surface area contributed by atoms with Crippen LogP contribution in [0.4, 0.5) is 11.5 Å². The molecule has 1 aromatic rings. The third-order valence-corrected chi connectivity index (χ3v) is 3.73. The first-order valence-corrected chi connectivity index (χ1v) is 6.55. The first-order valence-electron chi connectivity index (χ1n) is 5.57. The number of nitrogens with zero attached hydrogens (tertiary/aromatic N) is 2. The van der Waals surface area contributed by atoms with Crippen LogP contribution in [0.15, 0.2) is 17.2 Å². The van der Waals surface area contributed by atoms with Crippen LogP contribution >= 0.6 is 11.8 Å². The maximum absolute atomic E-state index is 10.9. The molecule has 1 aromatic heterocycles. The summed E-state index contributed by atoms with van der Waals surface area (Å²) in [5.41, 5.74) is 2.38. The third-order valence-electron chi connectivity index (χ3n) is 2.61. The molecule has 18 heavy (non-hydrogen) atoms. The summed E-state index contributed by atoms with van der Waals surface area (Å²) in [6.07, 6.45) is 2.20. The average Bonchev–Trinajstić information content (AvgIpc) is 2.88. The highest BCUT2D eigenvalue weighted by Crippen LogP contribution is 2.30. The molecule has 7 nitrogen and oxygen atoms in total. The Labute approximate surface area is 108 Å². The van der Waals surface area contributed by atoms with Crippen LogP contribution in [0.3, 0.4) is 0 Å². The predicted molar refractivity (Wildman–Crippen MR) is 68.4 cm³/mol. The van der Waals surface area contributed by atoms with Crippen molar-refractivity contribution in [3.8, 4) is 0 Å². The lowest BCUT2D eigenvalue weighted by atomic mass is 10.3. The topological polar surface area (TPSA) is 103 Å². The molecule has 0 aromatic carbocycles. The summed E-state index contributed by atoms with van der Waals surface area (Å²) < 4.78 is 5.47. The van der Waals surface area contributed by atoms with E-state index in [1.54, 1.807) is 0 Å². The van der Waals surface area contributed by atoms with Gasteiger partial charge in [-0.1, -0.05) is 11.8 Å². The minimum atomic E-state index is -0.439. The number of aromatic nitrogens is 1. The van der Waals surface area contributed by atoms with E-state index in [0.29, 0.717) is 16.6 Å². The predicted octanol–water partition coefficient (Wildman–Crippen LogP) is 1.55. The highest BCUT2D eigenvalue weighted by Gasteiger charge is 2.20. The number of hydrogen-bond donors (Lipinski definition) is 2. The average molecular weight is 270 g/mol. The molecule has 3 N–H and O–H groups in total. The molecule has 0 saturated carbocycles. The maximum atomic E-state index is 10.9. The van der Waals surface area contributed by atoms with Gasteiger partial charge in [0.2, 0.25) is 0 Å². The quantitative estimate of drug-likeness (QED) is 0.362. The van der Waals surface area contributed by atoms with E-state index in [0.717, 1.165) is 19.4 Å². The Balaban J connectivity index is 2.10. The number of thioether (sulfide) groups is 1. The smallest absolute Gasteiger partial charge is 0.301 e. The number of nitrogens with two attached hydrogens (primary N) is 1. The molecule has 1 unspecified atom stereocenters.